The maximum atomic E-state index is 12.5. The van der Waals surface area contributed by atoms with Gasteiger partial charge in [0.25, 0.3) is 0 Å². The highest BCUT2D eigenvalue weighted by molar-refractivity contribution is 7.99. The second kappa shape index (κ2) is 9.71. The zero-order valence-electron chi connectivity index (χ0n) is 17.2. The summed E-state index contributed by atoms with van der Waals surface area (Å²) in [5, 5.41) is 16.3. The van der Waals surface area contributed by atoms with Crippen molar-refractivity contribution in [3.05, 3.63) is 47.5 Å². The first-order valence-electron chi connectivity index (χ1n) is 9.42. The number of ether oxygens (including phenoxy) is 1. The minimum Gasteiger partial charge on any atom is -0.385 e. The molecule has 2 heterocycles. The number of amides is 1. The number of benzene rings is 1. The smallest absolute Gasteiger partial charge is 0.234 e. The fourth-order valence-electron chi connectivity index (χ4n) is 2.96. The Morgan fingerprint density at radius 1 is 1.21 bits per heavy atom. The molecule has 2 aromatic heterocycles. The maximum absolute atomic E-state index is 12.5. The third kappa shape index (κ3) is 5.24. The van der Waals surface area contributed by atoms with Gasteiger partial charge in [-0.3, -0.25) is 4.79 Å². The van der Waals surface area contributed by atoms with Crippen LogP contribution in [0.15, 0.2) is 35.7 Å². The fraction of sp³-hybridized carbons (Fsp3) is 0.400. The van der Waals surface area contributed by atoms with Gasteiger partial charge in [0.15, 0.2) is 5.16 Å². The molecule has 0 atom stereocenters. The van der Waals surface area contributed by atoms with E-state index in [2.05, 4.69) is 20.6 Å². The number of methoxy groups -OCH3 is 1. The fourth-order valence-corrected chi connectivity index (χ4v) is 3.70. The van der Waals surface area contributed by atoms with E-state index in [0.29, 0.717) is 6.61 Å². The van der Waals surface area contributed by atoms with E-state index in [1.165, 1.54) is 17.3 Å². The van der Waals surface area contributed by atoms with Gasteiger partial charge >= 0.3 is 0 Å². The Kier molecular flexibility index (Phi) is 7.05. The molecule has 0 unspecified atom stereocenters. The average molecular weight is 415 g/mol. The van der Waals surface area contributed by atoms with Crippen LogP contribution in [-0.4, -0.2) is 49.9 Å². The van der Waals surface area contributed by atoms with E-state index in [9.17, 15) is 4.79 Å². The number of hydrogen-bond donors (Lipinski definition) is 1. The van der Waals surface area contributed by atoms with Gasteiger partial charge < -0.3 is 14.6 Å². The topological polar surface area (TPSA) is 86.9 Å². The molecular weight excluding hydrogens is 388 g/mol. The van der Waals surface area contributed by atoms with Crippen LogP contribution in [-0.2, 0) is 16.1 Å². The van der Waals surface area contributed by atoms with Crippen LogP contribution in [0.5, 0.6) is 0 Å². The van der Waals surface area contributed by atoms with E-state index >= 15 is 0 Å². The van der Waals surface area contributed by atoms with Crippen molar-refractivity contribution in [2.75, 3.05) is 24.8 Å². The SMILES string of the molecule is COCCCn1cnnc1SCC(=O)Nc1c(C)nn(-c2ccc(C)cc2)c1C. The first-order valence-corrected chi connectivity index (χ1v) is 10.4. The van der Waals surface area contributed by atoms with Crippen LogP contribution >= 0.6 is 11.8 Å². The number of nitrogens with one attached hydrogen (secondary N) is 1. The van der Waals surface area contributed by atoms with E-state index in [0.717, 1.165) is 40.9 Å². The standard InChI is InChI=1S/C20H26N6O2S/c1-14-6-8-17(9-7-14)26-16(3)19(15(2)24-26)22-18(27)12-29-20-23-21-13-25(20)10-5-11-28-4/h6-9,13H,5,10-12H2,1-4H3,(H,22,27). The number of rotatable bonds is 9. The van der Waals surface area contributed by atoms with Gasteiger partial charge in [-0.15, -0.1) is 10.2 Å². The van der Waals surface area contributed by atoms with E-state index in [4.69, 9.17) is 4.74 Å². The molecule has 3 aromatic rings. The highest BCUT2D eigenvalue weighted by Crippen LogP contribution is 2.24. The van der Waals surface area contributed by atoms with Crippen LogP contribution in [0.3, 0.4) is 0 Å². The van der Waals surface area contributed by atoms with Crippen LogP contribution in [0.4, 0.5) is 5.69 Å². The Bertz CT molecular complexity index is 964. The van der Waals surface area contributed by atoms with Crippen LogP contribution < -0.4 is 5.32 Å². The Hall–Kier alpha value is -2.65. The van der Waals surface area contributed by atoms with Crippen molar-refractivity contribution in [3.63, 3.8) is 0 Å². The molecular formula is C20H26N6O2S. The molecule has 8 nitrogen and oxygen atoms in total. The van der Waals surface area contributed by atoms with Gasteiger partial charge in [-0.2, -0.15) is 5.10 Å². The van der Waals surface area contributed by atoms with E-state index in [-0.39, 0.29) is 11.7 Å². The first kappa shape index (κ1) is 21.1. The molecule has 0 saturated carbocycles. The molecule has 9 heteroatoms. The van der Waals surface area contributed by atoms with Crippen molar-refractivity contribution < 1.29 is 9.53 Å². The number of aryl methyl sites for hydroxylation is 3. The Morgan fingerprint density at radius 3 is 2.69 bits per heavy atom. The average Bonchev–Trinajstić information content (AvgIpc) is 3.26. The van der Waals surface area contributed by atoms with Crippen LogP contribution in [0.2, 0.25) is 0 Å². The molecule has 0 aliphatic carbocycles. The lowest BCUT2D eigenvalue weighted by molar-refractivity contribution is -0.113. The lowest BCUT2D eigenvalue weighted by Gasteiger charge is -2.08. The van der Waals surface area contributed by atoms with Gasteiger partial charge in [-0.25, -0.2) is 4.68 Å². The minimum absolute atomic E-state index is 0.101. The summed E-state index contributed by atoms with van der Waals surface area (Å²) >= 11 is 1.36. The predicted molar refractivity (Wildman–Crippen MR) is 114 cm³/mol. The molecule has 0 aliphatic rings. The quantitative estimate of drug-likeness (QED) is 0.428. The number of hydrogen-bond acceptors (Lipinski definition) is 6. The molecule has 0 radical (unpaired) electrons. The largest absolute Gasteiger partial charge is 0.385 e. The molecule has 1 N–H and O–H groups in total. The van der Waals surface area contributed by atoms with Crippen LogP contribution in [0.25, 0.3) is 5.69 Å². The molecule has 29 heavy (non-hydrogen) atoms. The number of thioether (sulfide) groups is 1. The Balaban J connectivity index is 1.63. The molecule has 0 spiro atoms. The molecule has 1 aromatic carbocycles. The number of aromatic nitrogens is 5. The summed E-state index contributed by atoms with van der Waals surface area (Å²) in [5.41, 5.74) is 4.58. The zero-order chi connectivity index (χ0) is 20.8. The number of nitrogens with zero attached hydrogens (tertiary/aromatic N) is 5. The second-order valence-corrected chi connectivity index (χ2v) is 7.73. The third-order valence-electron chi connectivity index (χ3n) is 4.49. The van der Waals surface area contributed by atoms with Gasteiger partial charge in [-0.05, 0) is 39.3 Å². The summed E-state index contributed by atoms with van der Waals surface area (Å²) in [6, 6.07) is 8.13. The van der Waals surface area contributed by atoms with Crippen LogP contribution in [0, 0.1) is 20.8 Å². The lowest BCUT2D eigenvalue weighted by atomic mass is 10.2. The van der Waals surface area contributed by atoms with Crippen molar-refractivity contribution in [2.45, 2.75) is 38.9 Å². The van der Waals surface area contributed by atoms with Gasteiger partial charge in [0, 0.05) is 20.3 Å². The van der Waals surface area contributed by atoms with Gasteiger partial charge in [0.1, 0.15) is 6.33 Å². The monoisotopic (exact) mass is 414 g/mol. The molecule has 0 aliphatic heterocycles. The summed E-state index contributed by atoms with van der Waals surface area (Å²) < 4.78 is 8.86. The highest BCUT2D eigenvalue weighted by Gasteiger charge is 2.16. The van der Waals surface area contributed by atoms with Gasteiger partial charge in [0.2, 0.25) is 5.91 Å². The van der Waals surface area contributed by atoms with E-state index < -0.39 is 0 Å². The number of carbonyl (C=O) groups is 1. The van der Waals surface area contributed by atoms with Gasteiger partial charge in [0.05, 0.1) is 28.5 Å². The third-order valence-corrected chi connectivity index (χ3v) is 5.48. The maximum Gasteiger partial charge on any atom is 0.234 e. The van der Waals surface area contributed by atoms with Crippen LogP contribution in [0.1, 0.15) is 23.4 Å². The molecule has 1 amide bonds. The summed E-state index contributed by atoms with van der Waals surface area (Å²) in [7, 11) is 1.68. The van der Waals surface area contributed by atoms with Crippen molar-refractivity contribution in [1.82, 2.24) is 24.5 Å². The van der Waals surface area contributed by atoms with Crippen molar-refractivity contribution in [3.8, 4) is 5.69 Å². The summed E-state index contributed by atoms with van der Waals surface area (Å²) in [6.45, 7) is 7.33. The minimum atomic E-state index is -0.101. The molecule has 3 rings (SSSR count). The lowest BCUT2D eigenvalue weighted by Crippen LogP contribution is -2.16. The molecule has 0 fully saturated rings. The normalized spacial score (nSPS) is 11.0. The Morgan fingerprint density at radius 2 is 1.97 bits per heavy atom. The highest BCUT2D eigenvalue weighted by atomic mass is 32.2. The second-order valence-electron chi connectivity index (χ2n) is 6.78. The van der Waals surface area contributed by atoms with E-state index in [1.54, 1.807) is 13.4 Å². The first-order chi connectivity index (χ1) is 14.0. The van der Waals surface area contributed by atoms with E-state index in [1.807, 2.05) is 54.3 Å². The predicted octanol–water partition coefficient (Wildman–Crippen LogP) is 3.16. The van der Waals surface area contributed by atoms with Crippen molar-refractivity contribution in [2.24, 2.45) is 0 Å². The molecule has 154 valence electrons. The van der Waals surface area contributed by atoms with Crippen molar-refractivity contribution >= 4 is 23.4 Å². The summed E-state index contributed by atoms with van der Waals surface area (Å²) in [5.74, 6) is 0.147. The summed E-state index contributed by atoms with van der Waals surface area (Å²) in [6.07, 6.45) is 2.54. The van der Waals surface area contributed by atoms with Gasteiger partial charge in [-0.1, -0.05) is 29.5 Å². The molecule has 0 saturated heterocycles. The van der Waals surface area contributed by atoms with Crippen molar-refractivity contribution in [1.29, 1.82) is 0 Å². The summed E-state index contributed by atoms with van der Waals surface area (Å²) in [4.78, 5) is 12.5. The number of anilines is 1. The Labute approximate surface area is 174 Å². The zero-order valence-corrected chi connectivity index (χ0v) is 18.0. The number of carbonyl (C=O) groups excluding carboxylic acids is 1. The molecule has 0 bridgehead atoms.